The first-order chi connectivity index (χ1) is 12.0. The van der Waals surface area contributed by atoms with Crippen LogP contribution in [0.3, 0.4) is 0 Å². The van der Waals surface area contributed by atoms with Gasteiger partial charge >= 0.3 is 0 Å². The lowest BCUT2D eigenvalue weighted by Gasteiger charge is -2.46. The fourth-order valence-electron chi connectivity index (χ4n) is 3.59. The first kappa shape index (κ1) is 17.6. The van der Waals surface area contributed by atoms with E-state index in [1.54, 1.807) is 6.07 Å². The summed E-state index contributed by atoms with van der Waals surface area (Å²) in [5, 5.41) is 6.32. The molecule has 0 unspecified atom stereocenters. The van der Waals surface area contributed by atoms with Gasteiger partial charge in [0.2, 0.25) is 11.8 Å². The van der Waals surface area contributed by atoms with Crippen LogP contribution in [0, 0.1) is 5.92 Å². The average Bonchev–Trinajstić information content (AvgIpc) is 2.54. The Morgan fingerprint density at radius 3 is 2.44 bits per heavy atom. The molecule has 3 rings (SSSR count). The van der Waals surface area contributed by atoms with Crippen LogP contribution in [0.1, 0.15) is 45.2 Å². The van der Waals surface area contributed by atoms with Crippen LogP contribution in [0.2, 0.25) is 0 Å². The topological polar surface area (TPSA) is 86.4 Å². The third-order valence-electron chi connectivity index (χ3n) is 5.65. The fraction of sp³-hybridized carbons (Fsp3) is 0.667. The number of rotatable bonds is 4. The largest absolute Gasteiger partial charge is 0.336 e. The normalized spacial score (nSPS) is 24.1. The SMILES string of the molecule is C[C@@H]1[C@@H](C)N(C(=O)C2CCC2)CCN1C(=O)CCc1ccc(=O)[nH]n1. The number of amides is 2. The second-order valence-electron chi connectivity index (χ2n) is 7.14. The maximum atomic E-state index is 12.6. The fourth-order valence-corrected chi connectivity index (χ4v) is 3.59. The summed E-state index contributed by atoms with van der Waals surface area (Å²) in [4.78, 5) is 40.0. The number of nitrogens with one attached hydrogen (secondary N) is 1. The third kappa shape index (κ3) is 3.75. The summed E-state index contributed by atoms with van der Waals surface area (Å²) in [5.41, 5.74) is 0.456. The van der Waals surface area contributed by atoms with Crippen LogP contribution in [0.25, 0.3) is 0 Å². The summed E-state index contributed by atoms with van der Waals surface area (Å²) in [6.45, 7) is 5.25. The van der Waals surface area contributed by atoms with Gasteiger partial charge in [0.15, 0.2) is 0 Å². The van der Waals surface area contributed by atoms with Gasteiger partial charge < -0.3 is 9.80 Å². The van der Waals surface area contributed by atoms with Crippen molar-refractivity contribution in [3.05, 3.63) is 28.2 Å². The molecule has 2 amide bonds. The van der Waals surface area contributed by atoms with Gasteiger partial charge in [0, 0.05) is 50.0 Å². The molecule has 0 spiro atoms. The van der Waals surface area contributed by atoms with E-state index >= 15 is 0 Å². The van der Waals surface area contributed by atoms with Gasteiger partial charge in [-0.3, -0.25) is 14.4 Å². The summed E-state index contributed by atoms with van der Waals surface area (Å²) in [7, 11) is 0. The molecule has 2 atom stereocenters. The molecule has 0 bridgehead atoms. The van der Waals surface area contributed by atoms with Crippen molar-refractivity contribution in [2.24, 2.45) is 5.92 Å². The number of aromatic nitrogens is 2. The monoisotopic (exact) mass is 346 g/mol. The van der Waals surface area contributed by atoms with Gasteiger partial charge in [-0.25, -0.2) is 5.10 Å². The molecule has 0 aromatic carbocycles. The maximum absolute atomic E-state index is 12.6. The minimum absolute atomic E-state index is 0.00816. The molecule has 1 N–H and O–H groups in total. The third-order valence-corrected chi connectivity index (χ3v) is 5.65. The quantitative estimate of drug-likeness (QED) is 0.879. The highest BCUT2D eigenvalue weighted by atomic mass is 16.2. The Labute approximate surface area is 147 Å². The Morgan fingerprint density at radius 2 is 1.84 bits per heavy atom. The molecular formula is C18H26N4O3. The molecule has 1 aliphatic heterocycles. The van der Waals surface area contributed by atoms with Crippen molar-refractivity contribution in [2.75, 3.05) is 13.1 Å². The Balaban J connectivity index is 1.55. The number of carbonyl (C=O) groups is 2. The van der Waals surface area contributed by atoms with Crippen LogP contribution >= 0.6 is 0 Å². The highest BCUT2D eigenvalue weighted by molar-refractivity contribution is 5.81. The summed E-state index contributed by atoms with van der Waals surface area (Å²) in [5.74, 6) is 0.529. The summed E-state index contributed by atoms with van der Waals surface area (Å²) < 4.78 is 0. The molecule has 2 heterocycles. The first-order valence-corrected chi connectivity index (χ1v) is 9.12. The number of hydrogen-bond acceptors (Lipinski definition) is 4. The number of piperazine rings is 1. The Bertz CT molecular complexity index is 677. The van der Waals surface area contributed by atoms with Gasteiger partial charge in [-0.2, -0.15) is 5.10 Å². The van der Waals surface area contributed by atoms with Crippen LogP contribution in [-0.2, 0) is 16.0 Å². The summed E-state index contributed by atoms with van der Waals surface area (Å²) in [6.07, 6.45) is 4.01. The minimum atomic E-state index is -0.246. The molecule has 0 radical (unpaired) electrons. The molecular weight excluding hydrogens is 320 g/mol. The number of H-pyrrole nitrogens is 1. The second-order valence-corrected chi connectivity index (χ2v) is 7.14. The zero-order valence-corrected chi connectivity index (χ0v) is 14.9. The summed E-state index contributed by atoms with van der Waals surface area (Å²) in [6, 6.07) is 3.11. The lowest BCUT2D eigenvalue weighted by molar-refractivity contribution is -0.150. The molecule has 1 aliphatic carbocycles. The van der Waals surface area contributed by atoms with E-state index in [4.69, 9.17) is 0 Å². The second kappa shape index (κ2) is 7.37. The van der Waals surface area contributed by atoms with Crippen LogP contribution < -0.4 is 5.56 Å². The van der Waals surface area contributed by atoms with Crippen LogP contribution in [-0.4, -0.2) is 57.0 Å². The van der Waals surface area contributed by atoms with Gasteiger partial charge in [0.1, 0.15) is 0 Å². The van der Waals surface area contributed by atoms with Gasteiger partial charge in [-0.1, -0.05) is 6.42 Å². The minimum Gasteiger partial charge on any atom is -0.336 e. The Morgan fingerprint density at radius 1 is 1.16 bits per heavy atom. The molecule has 1 aromatic heterocycles. The maximum Gasteiger partial charge on any atom is 0.264 e. The van der Waals surface area contributed by atoms with Crippen molar-refractivity contribution >= 4 is 11.8 Å². The van der Waals surface area contributed by atoms with Crippen molar-refractivity contribution in [1.29, 1.82) is 0 Å². The van der Waals surface area contributed by atoms with Crippen molar-refractivity contribution in [3.8, 4) is 0 Å². The standard InChI is InChI=1S/C18H26N4O3/c1-12-13(2)22(18(25)14-4-3-5-14)11-10-21(12)17(24)9-7-15-6-8-16(23)20-19-15/h6,8,12-14H,3-5,7,9-11H2,1-2H3,(H,20,23)/t12-,13-/m1/s1. The van der Waals surface area contributed by atoms with Gasteiger partial charge in [0.05, 0.1) is 5.69 Å². The number of aromatic amines is 1. The molecule has 2 fully saturated rings. The van der Waals surface area contributed by atoms with Crippen LogP contribution in [0.4, 0.5) is 0 Å². The number of carbonyl (C=O) groups excluding carboxylic acids is 2. The van der Waals surface area contributed by atoms with E-state index in [0.29, 0.717) is 31.6 Å². The predicted octanol–water partition coefficient (Wildman–Crippen LogP) is 0.950. The van der Waals surface area contributed by atoms with Crippen molar-refractivity contribution < 1.29 is 9.59 Å². The molecule has 136 valence electrons. The van der Waals surface area contributed by atoms with Crippen molar-refractivity contribution in [1.82, 2.24) is 20.0 Å². The molecule has 1 saturated carbocycles. The highest BCUT2D eigenvalue weighted by Crippen LogP contribution is 2.30. The van der Waals surface area contributed by atoms with E-state index in [1.807, 2.05) is 23.6 Å². The van der Waals surface area contributed by atoms with E-state index in [9.17, 15) is 14.4 Å². The van der Waals surface area contributed by atoms with E-state index in [-0.39, 0.29) is 35.4 Å². The Hall–Kier alpha value is -2.18. The van der Waals surface area contributed by atoms with E-state index < -0.39 is 0 Å². The van der Waals surface area contributed by atoms with E-state index in [1.165, 1.54) is 6.07 Å². The Kier molecular flexibility index (Phi) is 5.20. The highest BCUT2D eigenvalue weighted by Gasteiger charge is 2.38. The molecule has 1 saturated heterocycles. The lowest BCUT2D eigenvalue weighted by atomic mass is 9.83. The van der Waals surface area contributed by atoms with Gasteiger partial charge in [-0.05, 0) is 32.8 Å². The van der Waals surface area contributed by atoms with Crippen LogP contribution in [0.15, 0.2) is 16.9 Å². The van der Waals surface area contributed by atoms with Crippen molar-refractivity contribution in [3.63, 3.8) is 0 Å². The number of hydrogen-bond donors (Lipinski definition) is 1. The molecule has 2 aliphatic rings. The zero-order chi connectivity index (χ0) is 18.0. The molecule has 25 heavy (non-hydrogen) atoms. The van der Waals surface area contributed by atoms with Gasteiger partial charge in [-0.15, -0.1) is 0 Å². The lowest BCUT2D eigenvalue weighted by Crippen LogP contribution is -2.61. The van der Waals surface area contributed by atoms with Crippen LogP contribution in [0.5, 0.6) is 0 Å². The predicted molar refractivity (Wildman–Crippen MR) is 92.9 cm³/mol. The van der Waals surface area contributed by atoms with Gasteiger partial charge in [0.25, 0.3) is 5.56 Å². The number of nitrogens with zero attached hydrogens (tertiary/aromatic N) is 3. The van der Waals surface area contributed by atoms with Crippen molar-refractivity contribution in [2.45, 2.75) is 58.0 Å². The first-order valence-electron chi connectivity index (χ1n) is 9.12. The van der Waals surface area contributed by atoms with E-state index in [0.717, 1.165) is 19.3 Å². The van der Waals surface area contributed by atoms with E-state index in [2.05, 4.69) is 10.2 Å². The molecule has 7 heteroatoms. The summed E-state index contributed by atoms with van der Waals surface area (Å²) >= 11 is 0. The molecule has 1 aromatic rings. The molecule has 7 nitrogen and oxygen atoms in total. The zero-order valence-electron chi connectivity index (χ0n) is 14.9. The average molecular weight is 346 g/mol. The number of aryl methyl sites for hydroxylation is 1. The smallest absolute Gasteiger partial charge is 0.264 e.